The summed E-state index contributed by atoms with van der Waals surface area (Å²) in [6.45, 7) is 1.93. The second kappa shape index (κ2) is 6.88. The molecule has 3 aromatic rings. The van der Waals surface area contributed by atoms with Gasteiger partial charge in [0.05, 0.1) is 7.11 Å². The van der Waals surface area contributed by atoms with Gasteiger partial charge in [-0.05, 0) is 36.1 Å². The van der Waals surface area contributed by atoms with E-state index in [-0.39, 0.29) is 5.91 Å². The topological polar surface area (TPSA) is 60.3 Å². The fourth-order valence-electron chi connectivity index (χ4n) is 2.75. The lowest BCUT2D eigenvalue weighted by Gasteiger charge is -2.19. The maximum absolute atomic E-state index is 12.8. The van der Waals surface area contributed by atoms with E-state index in [1.165, 1.54) is 18.4 Å². The third kappa shape index (κ3) is 2.92. The molecule has 5 nitrogen and oxygen atoms in total. The number of fused-ring (bicyclic) bond motifs is 1. The van der Waals surface area contributed by atoms with E-state index in [2.05, 4.69) is 5.32 Å². The average Bonchev–Trinajstić information content (AvgIpc) is 3.18. The van der Waals surface area contributed by atoms with Crippen molar-refractivity contribution >= 4 is 39.1 Å². The molecule has 6 heteroatoms. The number of anilines is 1. The molecule has 0 spiro atoms. The number of para-hydroxylation sites is 1. The number of esters is 1. The Morgan fingerprint density at radius 1 is 1.25 bits per heavy atom. The highest BCUT2D eigenvalue weighted by molar-refractivity contribution is 7.16. The Kier molecular flexibility index (Phi) is 4.66. The number of thiophene rings is 1. The Bertz CT molecular complexity index is 867. The van der Waals surface area contributed by atoms with Crippen LogP contribution >= 0.6 is 11.3 Å². The number of carbonyl (C=O) groups is 2. The van der Waals surface area contributed by atoms with Gasteiger partial charge in [-0.2, -0.15) is 0 Å². The highest BCUT2D eigenvalue weighted by Gasteiger charge is 2.27. The summed E-state index contributed by atoms with van der Waals surface area (Å²) in [6, 6.07) is 12.5. The van der Waals surface area contributed by atoms with Crippen LogP contribution in [0.2, 0.25) is 0 Å². The first kappa shape index (κ1) is 16.3. The average molecular weight is 342 g/mol. The van der Waals surface area contributed by atoms with Crippen molar-refractivity contribution in [2.24, 2.45) is 0 Å². The van der Waals surface area contributed by atoms with Crippen LogP contribution < -0.4 is 5.32 Å². The molecule has 0 saturated heterocycles. The number of nitrogens with one attached hydrogen (secondary N) is 1. The molecule has 1 amide bonds. The molecule has 0 bridgehead atoms. The van der Waals surface area contributed by atoms with E-state index in [0.717, 1.165) is 15.9 Å². The summed E-state index contributed by atoms with van der Waals surface area (Å²) in [7, 11) is 1.35. The van der Waals surface area contributed by atoms with Gasteiger partial charge in [0, 0.05) is 11.1 Å². The highest BCUT2D eigenvalue weighted by Crippen LogP contribution is 2.31. The van der Waals surface area contributed by atoms with Crippen LogP contribution in [0.5, 0.6) is 0 Å². The van der Waals surface area contributed by atoms with Crippen molar-refractivity contribution in [3.63, 3.8) is 0 Å². The molecular weight excluding hydrogens is 324 g/mol. The Morgan fingerprint density at radius 2 is 2.00 bits per heavy atom. The molecule has 0 aliphatic carbocycles. The van der Waals surface area contributed by atoms with E-state index in [1.807, 2.05) is 48.7 Å². The molecule has 1 aromatic carbocycles. The number of ether oxygens (including phenoxy) is 1. The van der Waals surface area contributed by atoms with Crippen molar-refractivity contribution in [2.45, 2.75) is 19.4 Å². The standard InChI is InChI=1S/C18H18N2O3S/c1-3-14(16(21)19-13-7-5-4-6-8-13)20-15(18(22)23-2)11-12-9-10-24-17(12)20/h4-11,14H,3H2,1-2H3,(H,19,21). The third-order valence-corrected chi connectivity index (χ3v) is 4.81. The zero-order valence-corrected chi connectivity index (χ0v) is 14.3. The summed E-state index contributed by atoms with van der Waals surface area (Å²) in [5.41, 5.74) is 1.13. The SMILES string of the molecule is CCC(C(=O)Nc1ccccc1)n1c(C(=O)OC)cc2ccsc21. The summed E-state index contributed by atoms with van der Waals surface area (Å²) in [5, 5.41) is 5.80. The van der Waals surface area contributed by atoms with Gasteiger partial charge in [-0.3, -0.25) is 4.79 Å². The number of hydrogen-bond acceptors (Lipinski definition) is 4. The zero-order chi connectivity index (χ0) is 17.1. The number of rotatable bonds is 5. The van der Waals surface area contributed by atoms with E-state index in [0.29, 0.717) is 12.1 Å². The minimum atomic E-state index is -0.490. The molecule has 3 rings (SSSR count). The summed E-state index contributed by atoms with van der Waals surface area (Å²) >= 11 is 1.51. The second-order valence-corrected chi connectivity index (χ2v) is 6.25. The van der Waals surface area contributed by atoms with Crippen LogP contribution in [0.1, 0.15) is 29.9 Å². The van der Waals surface area contributed by atoms with E-state index >= 15 is 0 Å². The van der Waals surface area contributed by atoms with Gasteiger partial charge in [0.15, 0.2) is 0 Å². The van der Waals surface area contributed by atoms with Crippen LogP contribution in [-0.2, 0) is 9.53 Å². The van der Waals surface area contributed by atoms with Gasteiger partial charge >= 0.3 is 5.97 Å². The van der Waals surface area contributed by atoms with Crippen molar-refractivity contribution in [3.05, 3.63) is 53.5 Å². The maximum Gasteiger partial charge on any atom is 0.354 e. The molecule has 1 unspecified atom stereocenters. The molecule has 0 aliphatic rings. The summed E-state index contributed by atoms with van der Waals surface area (Å²) in [5.74, 6) is -0.593. The molecule has 2 heterocycles. The smallest absolute Gasteiger partial charge is 0.354 e. The molecule has 24 heavy (non-hydrogen) atoms. The number of aromatic nitrogens is 1. The summed E-state index contributed by atoms with van der Waals surface area (Å²) < 4.78 is 6.66. The van der Waals surface area contributed by atoms with Gasteiger partial charge < -0.3 is 14.6 Å². The Hall–Kier alpha value is -2.60. The zero-order valence-electron chi connectivity index (χ0n) is 13.5. The lowest BCUT2D eigenvalue weighted by molar-refractivity contribution is -0.119. The highest BCUT2D eigenvalue weighted by atomic mass is 32.1. The minimum absolute atomic E-state index is 0.153. The second-order valence-electron chi connectivity index (χ2n) is 5.35. The Labute approximate surface area is 143 Å². The lowest BCUT2D eigenvalue weighted by Crippen LogP contribution is -2.27. The maximum atomic E-state index is 12.8. The molecule has 0 radical (unpaired) electrons. The number of benzene rings is 1. The Balaban J connectivity index is 2.01. The molecule has 124 valence electrons. The van der Waals surface area contributed by atoms with Gasteiger partial charge in [0.1, 0.15) is 16.6 Å². The van der Waals surface area contributed by atoms with E-state index in [9.17, 15) is 9.59 Å². The first-order chi connectivity index (χ1) is 11.7. The fourth-order valence-corrected chi connectivity index (χ4v) is 3.69. The fraction of sp³-hybridized carbons (Fsp3) is 0.222. The molecular formula is C18H18N2O3S. The number of hydrogen-bond donors (Lipinski definition) is 1. The van der Waals surface area contributed by atoms with Crippen LogP contribution in [0.3, 0.4) is 0 Å². The first-order valence-corrected chi connectivity index (χ1v) is 8.56. The molecule has 0 aliphatic heterocycles. The largest absolute Gasteiger partial charge is 0.464 e. The van der Waals surface area contributed by atoms with Crippen LogP contribution in [0.4, 0.5) is 5.69 Å². The van der Waals surface area contributed by atoms with Gasteiger partial charge in [-0.1, -0.05) is 25.1 Å². The minimum Gasteiger partial charge on any atom is -0.464 e. The van der Waals surface area contributed by atoms with Crippen LogP contribution in [0.15, 0.2) is 47.8 Å². The number of methoxy groups -OCH3 is 1. The number of nitrogens with zero attached hydrogens (tertiary/aromatic N) is 1. The summed E-state index contributed by atoms with van der Waals surface area (Å²) in [6.07, 6.45) is 0.560. The first-order valence-electron chi connectivity index (χ1n) is 7.68. The molecule has 1 atom stereocenters. The number of carbonyl (C=O) groups excluding carboxylic acids is 2. The quantitative estimate of drug-likeness (QED) is 0.711. The van der Waals surface area contributed by atoms with Gasteiger partial charge in [-0.15, -0.1) is 11.3 Å². The van der Waals surface area contributed by atoms with Crippen LogP contribution in [-0.4, -0.2) is 23.6 Å². The van der Waals surface area contributed by atoms with Crippen molar-refractivity contribution in [1.29, 1.82) is 0 Å². The normalized spacial score (nSPS) is 12.1. The van der Waals surface area contributed by atoms with E-state index in [4.69, 9.17) is 4.74 Å². The van der Waals surface area contributed by atoms with Crippen molar-refractivity contribution in [2.75, 3.05) is 12.4 Å². The third-order valence-electron chi connectivity index (χ3n) is 3.88. The van der Waals surface area contributed by atoms with Crippen molar-refractivity contribution < 1.29 is 14.3 Å². The molecule has 0 saturated carbocycles. The van der Waals surface area contributed by atoms with E-state index < -0.39 is 12.0 Å². The van der Waals surface area contributed by atoms with Crippen LogP contribution in [0.25, 0.3) is 10.2 Å². The van der Waals surface area contributed by atoms with Gasteiger partial charge in [0.25, 0.3) is 0 Å². The van der Waals surface area contributed by atoms with E-state index in [1.54, 1.807) is 10.6 Å². The molecule has 1 N–H and O–H groups in total. The predicted octanol–water partition coefficient (Wildman–Crippen LogP) is 4.08. The predicted molar refractivity (Wildman–Crippen MR) is 95.6 cm³/mol. The van der Waals surface area contributed by atoms with Gasteiger partial charge in [0.2, 0.25) is 5.91 Å². The number of amides is 1. The van der Waals surface area contributed by atoms with Crippen molar-refractivity contribution in [3.8, 4) is 0 Å². The summed E-state index contributed by atoms with van der Waals surface area (Å²) in [4.78, 5) is 25.8. The Morgan fingerprint density at radius 3 is 2.67 bits per heavy atom. The monoisotopic (exact) mass is 342 g/mol. The molecule has 0 fully saturated rings. The van der Waals surface area contributed by atoms with Crippen LogP contribution in [0, 0.1) is 0 Å². The molecule has 2 aromatic heterocycles. The van der Waals surface area contributed by atoms with Gasteiger partial charge in [-0.25, -0.2) is 4.79 Å². The van der Waals surface area contributed by atoms with Crippen molar-refractivity contribution in [1.82, 2.24) is 4.57 Å². The lowest BCUT2D eigenvalue weighted by atomic mass is 10.2.